The molecule has 7 heteroatoms. The minimum atomic E-state index is -1.40. The summed E-state index contributed by atoms with van der Waals surface area (Å²) in [7, 11) is 0. The van der Waals surface area contributed by atoms with Crippen molar-refractivity contribution in [2.75, 3.05) is 0 Å². The molecule has 5 heterocycles. The molecule has 0 bridgehead atoms. The van der Waals surface area contributed by atoms with Gasteiger partial charge >= 0.3 is 0 Å². The Morgan fingerprint density at radius 3 is 1.97 bits per heavy atom. The summed E-state index contributed by atoms with van der Waals surface area (Å²) < 4.78 is 28.0. The molecule has 71 heavy (non-hydrogen) atoms. The van der Waals surface area contributed by atoms with Gasteiger partial charge in [-0.1, -0.05) is 140 Å². The Bertz CT molecular complexity index is 4240. The van der Waals surface area contributed by atoms with E-state index in [1.165, 1.54) is 16.3 Å². The van der Waals surface area contributed by atoms with Crippen LogP contribution < -0.4 is 0 Å². The number of rotatable bonds is 6. The van der Waals surface area contributed by atoms with Gasteiger partial charge < -0.3 is 23.5 Å². The maximum absolute atomic E-state index is 10.1. The molecule has 0 amide bonds. The van der Waals surface area contributed by atoms with Gasteiger partial charge in [0.05, 0.1) is 33.8 Å². The number of furan rings is 1. The van der Waals surface area contributed by atoms with Gasteiger partial charge in [-0.25, -0.2) is 0 Å². The zero-order valence-electron chi connectivity index (χ0n) is 41.1. The van der Waals surface area contributed by atoms with Crippen LogP contribution in [0.25, 0.3) is 111 Å². The van der Waals surface area contributed by atoms with E-state index in [0.29, 0.717) is 22.3 Å². The van der Waals surface area contributed by atoms with Gasteiger partial charge in [0.1, 0.15) is 5.58 Å². The largest absolute Gasteiger partial charge is 0.500 e. The summed E-state index contributed by atoms with van der Waals surface area (Å²) in [6.45, 7) is 5.71. The predicted molar refractivity (Wildman–Crippen MR) is 286 cm³/mol. The van der Waals surface area contributed by atoms with Gasteiger partial charge in [-0.15, -0.1) is 54.1 Å². The van der Waals surface area contributed by atoms with E-state index in [1.807, 2.05) is 112 Å². The summed E-state index contributed by atoms with van der Waals surface area (Å²) in [6.07, 6.45) is 2.23. The second kappa shape index (κ2) is 18.5. The van der Waals surface area contributed by atoms with E-state index >= 15 is 0 Å². The molecule has 5 aromatic heterocycles. The third-order valence-electron chi connectivity index (χ3n) is 12.8. The third-order valence-corrected chi connectivity index (χ3v) is 12.8. The van der Waals surface area contributed by atoms with E-state index in [1.54, 1.807) is 12.3 Å². The number of pyridine rings is 2. The summed E-state index contributed by atoms with van der Waals surface area (Å²) in [6, 6.07) is 74.5. The zero-order valence-corrected chi connectivity index (χ0v) is 41.5. The summed E-state index contributed by atoms with van der Waals surface area (Å²) in [5, 5.41) is 16.6. The quantitative estimate of drug-likeness (QED) is 0.156. The molecule has 0 aliphatic rings. The van der Waals surface area contributed by atoms with E-state index < -0.39 is 11.8 Å². The first-order valence-electron chi connectivity index (χ1n) is 24.4. The molecule has 0 atom stereocenters. The average molecular weight is 1090 g/mol. The number of hydrogen-bond acceptors (Lipinski definition) is 4. The molecule has 0 unspecified atom stereocenters. The van der Waals surface area contributed by atoms with Crippen molar-refractivity contribution in [3.63, 3.8) is 0 Å². The van der Waals surface area contributed by atoms with Crippen LogP contribution in [0.1, 0.15) is 34.6 Å². The van der Waals surface area contributed by atoms with Crippen LogP contribution in [0.5, 0.6) is 0 Å². The number of aromatic nitrogens is 4. The molecular formula is C64H45IrN5O-2. The molecular weight excluding hydrogens is 1050 g/mol. The van der Waals surface area contributed by atoms with Gasteiger partial charge in [-0.3, -0.25) is 0 Å². The summed E-state index contributed by atoms with van der Waals surface area (Å²) >= 11 is 0. The van der Waals surface area contributed by atoms with Crippen LogP contribution in [-0.4, -0.2) is 19.1 Å². The van der Waals surface area contributed by atoms with Crippen molar-refractivity contribution < 1.29 is 27.3 Å². The third kappa shape index (κ3) is 8.18. The molecule has 343 valence electrons. The molecule has 8 aromatic carbocycles. The normalized spacial score (nSPS) is 12.1. The van der Waals surface area contributed by atoms with Crippen LogP contribution in [0.3, 0.4) is 0 Å². The molecule has 1 radical (unpaired) electrons. The van der Waals surface area contributed by atoms with E-state index in [4.69, 9.17) is 12.1 Å². The van der Waals surface area contributed by atoms with E-state index in [0.717, 1.165) is 83.1 Å². The smallest absolute Gasteiger partial charge is 0.130 e. The molecule has 0 fully saturated rings. The fraction of sp³-hybridized carbons (Fsp3) is 0.0781. The Labute approximate surface area is 428 Å². The summed E-state index contributed by atoms with van der Waals surface area (Å²) in [5.74, 6) is 0. The number of para-hydroxylation sites is 3. The van der Waals surface area contributed by atoms with E-state index in [9.17, 15) is 5.26 Å². The first-order valence-corrected chi connectivity index (χ1v) is 23.4. The molecule has 0 spiro atoms. The minimum absolute atomic E-state index is 0. The van der Waals surface area contributed by atoms with Crippen LogP contribution in [0.2, 0.25) is 0 Å². The maximum Gasteiger partial charge on any atom is 0.130 e. The summed E-state index contributed by atoms with van der Waals surface area (Å²) in [4.78, 5) is 9.34. The molecule has 0 saturated carbocycles. The van der Waals surface area contributed by atoms with E-state index in [2.05, 4.69) is 135 Å². The van der Waals surface area contributed by atoms with Crippen LogP contribution in [0.4, 0.5) is 0 Å². The molecule has 0 aliphatic heterocycles. The van der Waals surface area contributed by atoms with Gasteiger partial charge in [-0.2, -0.15) is 5.26 Å². The maximum atomic E-state index is 10.1. The monoisotopic (exact) mass is 1090 g/mol. The Morgan fingerprint density at radius 2 is 1.24 bits per heavy atom. The van der Waals surface area contributed by atoms with Crippen molar-refractivity contribution in [1.29, 1.82) is 5.26 Å². The van der Waals surface area contributed by atoms with Crippen molar-refractivity contribution in [1.82, 2.24) is 19.1 Å². The molecule has 6 nitrogen and oxygen atoms in total. The zero-order chi connectivity index (χ0) is 49.1. The van der Waals surface area contributed by atoms with Crippen molar-refractivity contribution in [3.05, 3.63) is 230 Å². The Balaban J connectivity index is 0.000000243. The molecule has 0 N–H and O–H groups in total. The molecule has 0 saturated heterocycles. The van der Waals surface area contributed by atoms with Gasteiger partial charge in [0.2, 0.25) is 0 Å². The van der Waals surface area contributed by atoms with E-state index in [-0.39, 0.29) is 20.1 Å². The van der Waals surface area contributed by atoms with Crippen LogP contribution in [0.15, 0.2) is 211 Å². The summed E-state index contributed by atoms with van der Waals surface area (Å²) in [5.41, 5.74) is 13.7. The van der Waals surface area contributed by atoms with Crippen molar-refractivity contribution >= 4 is 65.6 Å². The number of hydrogen-bond donors (Lipinski definition) is 0. The standard InChI is InChI=1S/C48H27N4O.C16H18N.Ir/c49-28-31-22-24-37-36-18-11-19-38(47(36)53-48(37)46(31)30-12-3-1-4-13-30)41-27-45-40(29-50-41)35-17-8-10-21-43(35)52(45)33-23-25-44-39(26-33)34-16-7-9-20-42(34)51(44)32-14-5-2-6-15-32;1-16(2,3)12-13-9-10-17-15(11-13)14-7-5-4-6-8-14;/h1-18,20-27,29H;4-7,9-11H,12H2,1-3H3;/q2*-1;/i;12D2;. The fourth-order valence-corrected chi connectivity index (χ4v) is 9.85. The predicted octanol–water partition coefficient (Wildman–Crippen LogP) is 16.3. The number of nitrogens with zero attached hydrogens (tertiary/aromatic N) is 5. The first-order chi connectivity index (χ1) is 35.1. The van der Waals surface area contributed by atoms with Crippen molar-refractivity contribution in [3.8, 4) is 51.1 Å². The van der Waals surface area contributed by atoms with Crippen LogP contribution >= 0.6 is 0 Å². The van der Waals surface area contributed by atoms with Gasteiger partial charge in [0, 0.05) is 84.6 Å². The molecule has 13 aromatic rings. The van der Waals surface area contributed by atoms with Gasteiger partial charge in [0.25, 0.3) is 0 Å². The first kappa shape index (κ1) is 42.7. The van der Waals surface area contributed by atoms with Crippen molar-refractivity contribution in [2.24, 2.45) is 5.41 Å². The topological polar surface area (TPSA) is 72.6 Å². The number of fused-ring (bicyclic) bond motifs is 9. The number of nitriles is 1. The Hall–Kier alpha value is -8.40. The fourth-order valence-electron chi connectivity index (χ4n) is 9.85. The second-order valence-electron chi connectivity index (χ2n) is 18.4. The molecule has 0 aliphatic carbocycles. The minimum Gasteiger partial charge on any atom is -0.500 e. The van der Waals surface area contributed by atoms with Crippen LogP contribution in [0, 0.1) is 28.9 Å². The second-order valence-corrected chi connectivity index (χ2v) is 18.4. The van der Waals surface area contributed by atoms with Crippen LogP contribution in [-0.2, 0) is 26.5 Å². The van der Waals surface area contributed by atoms with Gasteiger partial charge in [0.15, 0.2) is 0 Å². The average Bonchev–Trinajstić information content (AvgIpc) is 4.08. The SMILES string of the molecule is N#Cc1ccc2c(oc3c(-c4cc5c(cn4)c4ccccc4n5-c4ccc5c(c4)c4ccccc4n5-c4ccccc4)[c-]ccc32)c1-c1ccccc1.[2H]C([2H])(c1ccnc(-c2[c-]cccc2)c1)C(C)(C)C.[Ir]. The Morgan fingerprint density at radius 1 is 0.563 bits per heavy atom. The Kier molecular flexibility index (Phi) is 11.1. The van der Waals surface area contributed by atoms with Crippen molar-refractivity contribution in [2.45, 2.75) is 27.1 Å². The molecule has 13 rings (SSSR count). The number of benzene rings is 8. The van der Waals surface area contributed by atoms with Gasteiger partial charge in [-0.05, 0) is 83.3 Å².